The molecule has 2 aromatic heterocycles. The number of fused-ring (bicyclic) bond motifs is 1. The number of benzene rings is 1. The van der Waals surface area contributed by atoms with E-state index in [2.05, 4.69) is 5.32 Å². The van der Waals surface area contributed by atoms with Crippen molar-refractivity contribution in [3.63, 3.8) is 0 Å². The molecule has 6 fully saturated rings. The second kappa shape index (κ2) is 8.73. The molecule has 0 spiro atoms. The number of aromatic nitrogens is 4. The van der Waals surface area contributed by atoms with Crippen molar-refractivity contribution in [1.29, 1.82) is 0 Å². The van der Waals surface area contributed by atoms with Crippen molar-refractivity contribution < 1.29 is 23.5 Å². The summed E-state index contributed by atoms with van der Waals surface area (Å²) in [6, 6.07) is 3.07. The molecule has 2 amide bonds. The maximum atomic E-state index is 14.8. The molecule has 254 valence electrons. The van der Waals surface area contributed by atoms with Gasteiger partial charge >= 0.3 is 17.9 Å². The number of halogens is 1. The molecule has 0 radical (unpaired) electrons. The van der Waals surface area contributed by atoms with E-state index in [9.17, 15) is 18.8 Å². The molecule has 48 heavy (non-hydrogen) atoms. The number of nitrogens with zero attached hydrogens (tertiary/aromatic N) is 5. The lowest BCUT2D eigenvalue weighted by Gasteiger charge is -3.10. The zero-order valence-corrected chi connectivity index (χ0v) is 28.9. The number of carbonyl (C=O) groups excluding carboxylic acids is 2. The van der Waals surface area contributed by atoms with Crippen LogP contribution in [0.15, 0.2) is 29.3 Å². The van der Waals surface area contributed by atoms with Crippen molar-refractivity contribution in [2.75, 3.05) is 6.54 Å². The van der Waals surface area contributed by atoms with E-state index < -0.39 is 23.3 Å². The summed E-state index contributed by atoms with van der Waals surface area (Å²) in [5.41, 5.74) is 1.46. The van der Waals surface area contributed by atoms with E-state index in [0.717, 1.165) is 11.3 Å². The lowest BCUT2D eigenvalue weighted by atomic mass is 8.96. The Kier molecular flexibility index (Phi) is 5.46. The Morgan fingerprint density at radius 1 is 0.938 bits per heavy atom. The number of imidazole rings is 1. The van der Waals surface area contributed by atoms with Crippen LogP contribution in [0.4, 0.5) is 14.0 Å². The summed E-state index contributed by atoms with van der Waals surface area (Å²) in [5, 5.41) is 8.25. The third-order valence-electron chi connectivity index (χ3n) is 12.5. The minimum Gasteiger partial charge on any atom is -0.444 e. The maximum Gasteiger partial charge on any atom is 0.410 e. The number of rotatable bonds is 4. The number of hydrogen-bond donors (Lipinski definition) is 1. The molecule has 3 heterocycles. The molecule has 0 bridgehead atoms. The molecule has 6 aliphatic carbocycles. The molecule has 1 atom stereocenters. The van der Waals surface area contributed by atoms with Crippen molar-refractivity contribution in [2.24, 2.45) is 35.5 Å². The molecule has 0 saturated heterocycles. The average molecular weight is 659 g/mol. The largest absolute Gasteiger partial charge is 0.444 e. The number of carbonyl (C=O) groups is 2. The van der Waals surface area contributed by atoms with Crippen LogP contribution in [0.2, 0.25) is 0 Å². The third-order valence-corrected chi connectivity index (χ3v) is 12.5. The number of hydrogen-bond acceptors (Lipinski definition) is 6. The second-order valence-electron chi connectivity index (χ2n) is 17.0. The summed E-state index contributed by atoms with van der Waals surface area (Å²) in [6.45, 7) is 17.0. The minimum absolute atomic E-state index is 0.152. The van der Waals surface area contributed by atoms with E-state index in [0.29, 0.717) is 71.1 Å². The molecule has 11 nitrogen and oxygen atoms in total. The first-order valence-electron chi connectivity index (χ1n) is 17.1. The standard InChI is InChI=1S/C36H43FN6O5/c1-16-14-19(15-17(2)28(16)37)43-29(21-18(3)40(11-10-20(21)39-43)32(46)48-34(7,8)9)41-12-13-42(31(41)45)36-25-22-26(36)24-27(36)23(25)35(22,24)38-30(44)47-33(4,5)6/h12-15,18,22-27H,10-11H2,1-9H3,(H,38,44)/t18-,22?,23?,24?,25?,26?,27?,35?,36?/m0/s1. The van der Waals surface area contributed by atoms with Crippen LogP contribution < -0.4 is 11.0 Å². The maximum absolute atomic E-state index is 14.8. The first kappa shape index (κ1) is 30.0. The van der Waals surface area contributed by atoms with Gasteiger partial charge in [-0.2, -0.15) is 5.10 Å². The van der Waals surface area contributed by atoms with E-state index in [-0.39, 0.29) is 28.7 Å². The highest BCUT2D eigenvalue weighted by Gasteiger charge is 3.11. The van der Waals surface area contributed by atoms with Crippen LogP contribution in [-0.2, 0) is 21.4 Å². The third kappa shape index (κ3) is 3.25. The Bertz CT molecular complexity index is 1950. The van der Waals surface area contributed by atoms with Crippen molar-refractivity contribution in [2.45, 2.75) is 97.1 Å². The van der Waals surface area contributed by atoms with Gasteiger partial charge in [-0.1, -0.05) is 0 Å². The van der Waals surface area contributed by atoms with Crippen molar-refractivity contribution >= 4 is 12.2 Å². The van der Waals surface area contributed by atoms with E-state index in [4.69, 9.17) is 14.6 Å². The van der Waals surface area contributed by atoms with E-state index in [1.54, 1.807) is 40.1 Å². The molecule has 1 aliphatic heterocycles. The van der Waals surface area contributed by atoms with Crippen LogP contribution >= 0.6 is 0 Å². The molecule has 7 aliphatic rings. The quantitative estimate of drug-likeness (QED) is 0.415. The highest BCUT2D eigenvalue weighted by atomic mass is 19.1. The Labute approximate surface area is 278 Å². The molecule has 10 rings (SSSR count). The van der Waals surface area contributed by atoms with Crippen LogP contribution in [0, 0.1) is 55.2 Å². The fourth-order valence-corrected chi connectivity index (χ4v) is 11.2. The van der Waals surface area contributed by atoms with Crippen molar-refractivity contribution in [1.82, 2.24) is 29.1 Å². The van der Waals surface area contributed by atoms with Crippen molar-refractivity contribution in [3.05, 3.63) is 63.2 Å². The summed E-state index contributed by atoms with van der Waals surface area (Å²) < 4.78 is 31.5. The smallest absolute Gasteiger partial charge is 0.410 e. The highest BCUT2D eigenvalue weighted by Crippen LogP contribution is 3.05. The van der Waals surface area contributed by atoms with Gasteiger partial charge in [0.25, 0.3) is 0 Å². The highest BCUT2D eigenvalue weighted by molar-refractivity contribution is 5.74. The van der Waals surface area contributed by atoms with E-state index in [1.165, 1.54) is 0 Å². The second-order valence-corrected chi connectivity index (χ2v) is 17.0. The predicted octanol–water partition coefficient (Wildman–Crippen LogP) is 5.16. The topological polar surface area (TPSA) is 113 Å². The Morgan fingerprint density at radius 2 is 1.52 bits per heavy atom. The first-order valence-corrected chi connectivity index (χ1v) is 17.1. The predicted molar refractivity (Wildman–Crippen MR) is 173 cm³/mol. The molecule has 0 unspecified atom stereocenters. The molecular weight excluding hydrogens is 615 g/mol. The zero-order chi connectivity index (χ0) is 34.2. The lowest BCUT2D eigenvalue weighted by Crippen LogP contribution is -3.17. The molecule has 12 heteroatoms. The van der Waals surface area contributed by atoms with Gasteiger partial charge in [0.05, 0.1) is 28.5 Å². The summed E-state index contributed by atoms with van der Waals surface area (Å²) in [5.74, 6) is 2.52. The first-order chi connectivity index (χ1) is 22.4. The van der Waals surface area contributed by atoms with Crippen LogP contribution in [-0.4, -0.2) is 59.3 Å². The van der Waals surface area contributed by atoms with Gasteiger partial charge in [0.1, 0.15) is 22.8 Å². The molecule has 1 N–H and O–H groups in total. The summed E-state index contributed by atoms with van der Waals surface area (Å²) in [4.78, 5) is 42.3. The average Bonchev–Trinajstić information content (AvgIpc) is 3.54. The van der Waals surface area contributed by atoms with Gasteiger partial charge in [-0.05, 0) is 121 Å². The molecule has 1 aromatic carbocycles. The van der Waals surface area contributed by atoms with E-state index in [1.807, 2.05) is 65.4 Å². The number of alkyl carbamates (subject to hydrolysis) is 1. The van der Waals surface area contributed by atoms with Gasteiger partial charge in [0.15, 0.2) is 0 Å². The number of amides is 2. The molecule has 6 saturated carbocycles. The number of ether oxygens (including phenoxy) is 2. The Morgan fingerprint density at radius 3 is 2.08 bits per heavy atom. The summed E-state index contributed by atoms with van der Waals surface area (Å²) >= 11 is 0. The van der Waals surface area contributed by atoms with Gasteiger partial charge in [0, 0.05) is 30.9 Å². The monoisotopic (exact) mass is 658 g/mol. The fourth-order valence-electron chi connectivity index (χ4n) is 11.2. The van der Waals surface area contributed by atoms with Crippen LogP contribution in [0.25, 0.3) is 11.5 Å². The van der Waals surface area contributed by atoms with E-state index >= 15 is 0 Å². The molecule has 3 aromatic rings. The number of nitrogens with one attached hydrogen (secondary N) is 1. The van der Waals surface area contributed by atoms with Crippen molar-refractivity contribution in [3.8, 4) is 11.5 Å². The minimum atomic E-state index is -0.660. The SMILES string of the molecule is Cc1cc(-n2nc3c(c2-n2ccn(C45C6C7C4C4C5C6C74NC(=O)OC(C)(C)C)c2=O)[C@H](C)N(C(=O)OC(C)(C)C)CC3)cc(C)c1F. The van der Waals surface area contributed by atoms with Gasteiger partial charge in [-0.25, -0.2) is 23.5 Å². The van der Waals surface area contributed by atoms with Gasteiger partial charge < -0.3 is 19.7 Å². The lowest BCUT2D eigenvalue weighted by molar-refractivity contribution is -0.612. The number of aryl methyl sites for hydroxylation is 2. The molecular formula is C36H43FN6O5. The van der Waals surface area contributed by atoms with Crippen LogP contribution in [0.5, 0.6) is 0 Å². The fraction of sp³-hybridized carbons (Fsp3) is 0.611. The van der Waals surface area contributed by atoms with Crippen LogP contribution in [0.3, 0.4) is 0 Å². The van der Waals surface area contributed by atoms with Gasteiger partial charge in [-0.15, -0.1) is 0 Å². The van der Waals surface area contributed by atoms with Gasteiger partial charge in [-0.3, -0.25) is 9.13 Å². The normalized spacial score (nSPS) is 34.5. The van der Waals surface area contributed by atoms with Gasteiger partial charge in [0.2, 0.25) is 0 Å². The zero-order valence-electron chi connectivity index (χ0n) is 28.9. The summed E-state index contributed by atoms with van der Waals surface area (Å²) in [7, 11) is 0. The van der Waals surface area contributed by atoms with Crippen LogP contribution in [0.1, 0.15) is 76.9 Å². The Hall–Kier alpha value is -4.09. The summed E-state index contributed by atoms with van der Waals surface area (Å²) in [6.07, 6.45) is 3.44. The Balaban J connectivity index is 1.09.